The molecule has 1 aromatic rings. The van der Waals surface area contributed by atoms with E-state index in [0.29, 0.717) is 12.2 Å². The summed E-state index contributed by atoms with van der Waals surface area (Å²) in [6, 6.07) is 4.96. The molecule has 0 bridgehead atoms. The fourth-order valence-electron chi connectivity index (χ4n) is 1.85. The van der Waals surface area contributed by atoms with Gasteiger partial charge in [0.05, 0.1) is 11.8 Å². The molecule has 1 atom stereocenters. The van der Waals surface area contributed by atoms with E-state index in [-0.39, 0.29) is 11.9 Å². The molecule has 1 aliphatic heterocycles. The molecule has 1 saturated heterocycles. The van der Waals surface area contributed by atoms with E-state index in [2.05, 4.69) is 21.2 Å². The van der Waals surface area contributed by atoms with Gasteiger partial charge in [0.25, 0.3) is 0 Å². The molecular formula is C12H15BrFNO. The fraction of sp³-hybridized carbons (Fsp3) is 0.500. The molecule has 0 aromatic heterocycles. The number of benzene rings is 1. The lowest BCUT2D eigenvalue weighted by molar-refractivity contribution is 0.0247. The van der Waals surface area contributed by atoms with Crippen molar-refractivity contribution in [1.29, 1.82) is 0 Å². The fourth-order valence-corrected chi connectivity index (χ4v) is 2.33. The molecule has 0 radical (unpaired) electrons. The van der Waals surface area contributed by atoms with Crippen molar-refractivity contribution in [1.82, 2.24) is 0 Å². The molecule has 2 nitrogen and oxygen atoms in total. The predicted octanol–water partition coefficient (Wildman–Crippen LogP) is 3.57. The van der Waals surface area contributed by atoms with Gasteiger partial charge in [0, 0.05) is 17.6 Å². The number of anilines is 1. The molecule has 88 valence electrons. The van der Waals surface area contributed by atoms with Crippen LogP contribution >= 0.6 is 15.9 Å². The van der Waals surface area contributed by atoms with E-state index in [1.165, 1.54) is 12.5 Å². The summed E-state index contributed by atoms with van der Waals surface area (Å²) in [5.74, 6) is -0.231. The van der Waals surface area contributed by atoms with Gasteiger partial charge >= 0.3 is 0 Å². The molecule has 1 heterocycles. The third-order valence-electron chi connectivity index (χ3n) is 2.74. The highest BCUT2D eigenvalue weighted by molar-refractivity contribution is 9.10. The van der Waals surface area contributed by atoms with Crippen molar-refractivity contribution in [2.75, 3.05) is 18.5 Å². The highest BCUT2D eigenvalue weighted by Crippen LogP contribution is 2.25. The largest absolute Gasteiger partial charge is 0.379 e. The minimum absolute atomic E-state index is 0.209. The van der Waals surface area contributed by atoms with Gasteiger partial charge in [0.15, 0.2) is 0 Å². The Labute approximate surface area is 103 Å². The number of halogens is 2. The zero-order valence-electron chi connectivity index (χ0n) is 9.01. The molecular weight excluding hydrogens is 273 g/mol. The Hall–Kier alpha value is -0.610. The molecule has 0 spiro atoms. The van der Waals surface area contributed by atoms with Crippen LogP contribution in [0.5, 0.6) is 0 Å². The quantitative estimate of drug-likeness (QED) is 0.918. The maximum absolute atomic E-state index is 13.5. The lowest BCUT2D eigenvalue weighted by atomic mass is 10.1. The van der Waals surface area contributed by atoms with Crippen LogP contribution in [-0.2, 0) is 4.74 Å². The molecule has 0 amide bonds. The van der Waals surface area contributed by atoms with Gasteiger partial charge in [-0.2, -0.15) is 0 Å². The monoisotopic (exact) mass is 287 g/mol. The van der Waals surface area contributed by atoms with Crippen LogP contribution in [0.2, 0.25) is 0 Å². The van der Waals surface area contributed by atoms with Crippen molar-refractivity contribution in [2.24, 2.45) is 0 Å². The van der Waals surface area contributed by atoms with E-state index in [0.717, 1.165) is 23.9 Å². The number of nitrogens with one attached hydrogen (secondary N) is 1. The molecule has 2 rings (SSSR count). The highest BCUT2D eigenvalue weighted by Gasteiger charge is 2.14. The van der Waals surface area contributed by atoms with Crippen LogP contribution in [0.15, 0.2) is 22.7 Å². The Morgan fingerprint density at radius 2 is 2.31 bits per heavy atom. The van der Waals surface area contributed by atoms with Gasteiger partial charge in [0.2, 0.25) is 0 Å². The van der Waals surface area contributed by atoms with Gasteiger partial charge in [-0.1, -0.05) is 6.07 Å². The zero-order chi connectivity index (χ0) is 11.4. The lowest BCUT2D eigenvalue weighted by Gasteiger charge is -2.23. The Balaban J connectivity index is 1.93. The molecule has 16 heavy (non-hydrogen) atoms. The molecule has 0 saturated carbocycles. The average molecular weight is 288 g/mol. The van der Waals surface area contributed by atoms with E-state index in [1.807, 2.05) is 6.07 Å². The Bertz CT molecular complexity index is 333. The van der Waals surface area contributed by atoms with Gasteiger partial charge in [-0.15, -0.1) is 0 Å². The van der Waals surface area contributed by atoms with E-state index >= 15 is 0 Å². The van der Waals surface area contributed by atoms with Crippen molar-refractivity contribution in [3.05, 3.63) is 28.5 Å². The lowest BCUT2D eigenvalue weighted by Crippen LogP contribution is -2.27. The number of hydrogen-bond acceptors (Lipinski definition) is 2. The number of hydrogen-bond donors (Lipinski definition) is 1. The average Bonchev–Trinajstić information content (AvgIpc) is 2.30. The van der Waals surface area contributed by atoms with Crippen molar-refractivity contribution < 1.29 is 9.13 Å². The minimum Gasteiger partial charge on any atom is -0.379 e. The topological polar surface area (TPSA) is 21.3 Å². The SMILES string of the molecule is Fc1cccc(Br)c1NCC1CCCCO1. The first kappa shape index (κ1) is 11.9. The summed E-state index contributed by atoms with van der Waals surface area (Å²) in [6.45, 7) is 1.49. The minimum atomic E-state index is -0.231. The van der Waals surface area contributed by atoms with Crippen LogP contribution < -0.4 is 5.32 Å². The standard InChI is InChI=1S/C12H15BrFNO/c13-10-5-3-6-11(14)12(10)15-8-9-4-1-2-7-16-9/h3,5-6,9,15H,1-2,4,7-8H2. The third kappa shape index (κ3) is 2.95. The molecule has 1 N–H and O–H groups in total. The number of rotatable bonds is 3. The van der Waals surface area contributed by atoms with E-state index in [4.69, 9.17) is 4.74 Å². The summed E-state index contributed by atoms with van der Waals surface area (Å²) in [5.41, 5.74) is 0.525. The van der Waals surface area contributed by atoms with Gasteiger partial charge in [0.1, 0.15) is 5.82 Å². The number of ether oxygens (including phenoxy) is 1. The van der Waals surface area contributed by atoms with Crippen LogP contribution in [0, 0.1) is 5.82 Å². The summed E-state index contributed by atoms with van der Waals surface area (Å²) < 4.78 is 19.8. The van der Waals surface area contributed by atoms with E-state index in [9.17, 15) is 4.39 Å². The molecule has 1 unspecified atom stereocenters. The molecule has 4 heteroatoms. The second-order valence-corrected chi connectivity index (χ2v) is 4.82. The third-order valence-corrected chi connectivity index (χ3v) is 3.40. The molecule has 1 aromatic carbocycles. The maximum atomic E-state index is 13.5. The Morgan fingerprint density at radius 3 is 3.00 bits per heavy atom. The first-order valence-electron chi connectivity index (χ1n) is 5.57. The zero-order valence-corrected chi connectivity index (χ0v) is 10.6. The van der Waals surface area contributed by atoms with Gasteiger partial charge in [-0.25, -0.2) is 4.39 Å². The summed E-state index contributed by atoms with van der Waals surface area (Å²) in [7, 11) is 0. The molecule has 0 aliphatic carbocycles. The van der Waals surface area contributed by atoms with Gasteiger partial charge in [-0.3, -0.25) is 0 Å². The highest BCUT2D eigenvalue weighted by atomic mass is 79.9. The number of para-hydroxylation sites is 1. The summed E-state index contributed by atoms with van der Waals surface area (Å²) in [5, 5.41) is 3.10. The van der Waals surface area contributed by atoms with Crippen LogP contribution in [0.25, 0.3) is 0 Å². The van der Waals surface area contributed by atoms with Crippen molar-refractivity contribution in [3.63, 3.8) is 0 Å². The van der Waals surface area contributed by atoms with Gasteiger partial charge < -0.3 is 10.1 Å². The summed E-state index contributed by atoms with van der Waals surface area (Å²) in [4.78, 5) is 0. The Kier molecular flexibility index (Phi) is 4.18. The second-order valence-electron chi connectivity index (χ2n) is 3.97. The van der Waals surface area contributed by atoms with E-state index in [1.54, 1.807) is 6.07 Å². The van der Waals surface area contributed by atoms with Crippen LogP contribution in [0.4, 0.5) is 10.1 Å². The Morgan fingerprint density at radius 1 is 1.44 bits per heavy atom. The first-order chi connectivity index (χ1) is 7.77. The van der Waals surface area contributed by atoms with Crippen LogP contribution in [0.3, 0.4) is 0 Å². The molecule has 1 aliphatic rings. The maximum Gasteiger partial charge on any atom is 0.147 e. The van der Waals surface area contributed by atoms with Crippen LogP contribution in [-0.4, -0.2) is 19.3 Å². The first-order valence-corrected chi connectivity index (χ1v) is 6.36. The van der Waals surface area contributed by atoms with E-state index < -0.39 is 0 Å². The van der Waals surface area contributed by atoms with Crippen molar-refractivity contribution in [3.8, 4) is 0 Å². The second kappa shape index (κ2) is 5.64. The summed E-state index contributed by atoms with van der Waals surface area (Å²) in [6.07, 6.45) is 3.60. The normalized spacial score (nSPS) is 20.8. The predicted molar refractivity (Wildman–Crippen MR) is 66.2 cm³/mol. The van der Waals surface area contributed by atoms with Crippen LogP contribution in [0.1, 0.15) is 19.3 Å². The van der Waals surface area contributed by atoms with Crippen molar-refractivity contribution in [2.45, 2.75) is 25.4 Å². The summed E-state index contributed by atoms with van der Waals surface area (Å²) >= 11 is 3.33. The van der Waals surface area contributed by atoms with Crippen molar-refractivity contribution >= 4 is 21.6 Å². The van der Waals surface area contributed by atoms with Gasteiger partial charge in [-0.05, 0) is 47.3 Å². The molecule has 1 fully saturated rings. The smallest absolute Gasteiger partial charge is 0.147 e.